The predicted octanol–water partition coefficient (Wildman–Crippen LogP) is 3.10. The lowest BCUT2D eigenvalue weighted by Crippen LogP contribution is -2.48. The average Bonchev–Trinajstić information content (AvgIpc) is 3.02. The Labute approximate surface area is 144 Å². The largest absolute Gasteiger partial charge is 0.341 e. The number of carbonyl (C=O) groups excluding carboxylic acids is 2. The van der Waals surface area contributed by atoms with Gasteiger partial charge in [0.2, 0.25) is 5.91 Å². The molecule has 2 amide bonds. The number of halogens is 1. The summed E-state index contributed by atoms with van der Waals surface area (Å²) in [5.41, 5.74) is 1.71. The van der Waals surface area contributed by atoms with E-state index in [1.54, 1.807) is 42.5 Å². The third-order valence-corrected chi connectivity index (χ3v) is 5.22. The van der Waals surface area contributed by atoms with E-state index < -0.39 is 6.04 Å². The van der Waals surface area contributed by atoms with Gasteiger partial charge in [0, 0.05) is 28.6 Å². The summed E-state index contributed by atoms with van der Waals surface area (Å²) in [5, 5.41) is 5.39. The maximum Gasteiger partial charge on any atom is 0.251 e. The maximum absolute atomic E-state index is 12.5. The van der Waals surface area contributed by atoms with Gasteiger partial charge in [0.05, 0.1) is 0 Å². The van der Waals surface area contributed by atoms with Crippen molar-refractivity contribution in [3.63, 3.8) is 0 Å². The second-order valence-corrected chi connectivity index (χ2v) is 7.02. The molecule has 23 heavy (non-hydrogen) atoms. The van der Waals surface area contributed by atoms with Gasteiger partial charge in [-0.15, -0.1) is 11.3 Å². The van der Waals surface area contributed by atoms with Gasteiger partial charge in [0.15, 0.2) is 0 Å². The highest BCUT2D eigenvalue weighted by Crippen LogP contribution is 2.24. The van der Waals surface area contributed by atoms with Gasteiger partial charge in [0.1, 0.15) is 6.04 Å². The fourth-order valence-electron chi connectivity index (χ4n) is 2.65. The number of carbonyl (C=O) groups is 2. The molecular weight excluding hydrogens is 332 g/mol. The summed E-state index contributed by atoms with van der Waals surface area (Å²) in [5.74, 6) is -0.320. The van der Waals surface area contributed by atoms with E-state index >= 15 is 0 Å². The van der Waals surface area contributed by atoms with Crippen LogP contribution in [0.5, 0.6) is 0 Å². The van der Waals surface area contributed by atoms with Crippen LogP contribution in [0.1, 0.15) is 27.7 Å². The molecule has 1 aromatic carbocycles. The summed E-state index contributed by atoms with van der Waals surface area (Å²) < 4.78 is 0. The van der Waals surface area contributed by atoms with E-state index in [-0.39, 0.29) is 11.8 Å². The Morgan fingerprint density at radius 2 is 2.00 bits per heavy atom. The maximum atomic E-state index is 12.5. The second-order valence-electron chi connectivity index (χ2n) is 5.58. The third kappa shape index (κ3) is 3.57. The number of hydrogen-bond acceptors (Lipinski definition) is 3. The molecule has 1 N–H and O–H groups in total. The van der Waals surface area contributed by atoms with Gasteiger partial charge in [-0.25, -0.2) is 0 Å². The molecule has 3 rings (SSSR count). The van der Waals surface area contributed by atoms with E-state index in [0.717, 1.165) is 6.42 Å². The Morgan fingerprint density at radius 1 is 1.26 bits per heavy atom. The summed E-state index contributed by atoms with van der Waals surface area (Å²) in [6.45, 7) is 3.05. The van der Waals surface area contributed by atoms with Crippen molar-refractivity contribution in [3.8, 4) is 0 Å². The lowest BCUT2D eigenvalue weighted by molar-refractivity contribution is -0.133. The summed E-state index contributed by atoms with van der Waals surface area (Å²) >= 11 is 7.55. The molecule has 0 saturated heterocycles. The van der Waals surface area contributed by atoms with E-state index in [2.05, 4.69) is 16.8 Å². The highest BCUT2D eigenvalue weighted by Gasteiger charge is 2.26. The summed E-state index contributed by atoms with van der Waals surface area (Å²) in [6, 6.07) is 8.12. The first-order valence-corrected chi connectivity index (χ1v) is 8.71. The molecule has 1 atom stereocenters. The standard InChI is InChI=1S/C17H17ClN2O2S/c1-11(19-16(21)12-2-4-14(18)5-3-12)17(22)20-8-6-15-13(10-20)7-9-23-15/h2-5,7,9,11H,6,8,10H2,1H3,(H,19,21)/t11-/m1/s1. The predicted molar refractivity (Wildman–Crippen MR) is 91.8 cm³/mol. The molecule has 0 unspecified atom stereocenters. The number of fused-ring (bicyclic) bond motifs is 1. The number of nitrogens with zero attached hydrogens (tertiary/aromatic N) is 1. The molecule has 6 heteroatoms. The van der Waals surface area contributed by atoms with Crippen molar-refractivity contribution in [1.82, 2.24) is 10.2 Å². The molecule has 1 aliphatic rings. The van der Waals surface area contributed by atoms with Crippen LogP contribution >= 0.6 is 22.9 Å². The molecule has 0 saturated carbocycles. The zero-order chi connectivity index (χ0) is 16.4. The van der Waals surface area contributed by atoms with Gasteiger partial charge in [-0.05, 0) is 54.6 Å². The van der Waals surface area contributed by atoms with Crippen LogP contribution in [0.15, 0.2) is 35.7 Å². The van der Waals surface area contributed by atoms with Crippen LogP contribution in [0, 0.1) is 0 Å². The summed E-state index contributed by atoms with van der Waals surface area (Å²) in [4.78, 5) is 27.9. The quantitative estimate of drug-likeness (QED) is 0.926. The van der Waals surface area contributed by atoms with Gasteiger partial charge in [0.25, 0.3) is 5.91 Å². The van der Waals surface area contributed by atoms with Crippen LogP contribution in [-0.2, 0) is 17.8 Å². The van der Waals surface area contributed by atoms with E-state index in [1.807, 2.05) is 4.90 Å². The first-order valence-electron chi connectivity index (χ1n) is 7.45. The SMILES string of the molecule is C[C@@H](NC(=O)c1ccc(Cl)cc1)C(=O)N1CCc2sccc2C1. The monoisotopic (exact) mass is 348 g/mol. The number of rotatable bonds is 3. The molecule has 2 aromatic rings. The van der Waals surface area contributed by atoms with Crippen LogP contribution in [0.2, 0.25) is 5.02 Å². The van der Waals surface area contributed by atoms with Gasteiger partial charge in [-0.2, -0.15) is 0 Å². The Morgan fingerprint density at radius 3 is 2.74 bits per heavy atom. The van der Waals surface area contributed by atoms with Crippen molar-refractivity contribution in [3.05, 3.63) is 56.7 Å². The molecule has 0 radical (unpaired) electrons. The number of hydrogen-bond donors (Lipinski definition) is 1. The van der Waals surface area contributed by atoms with Crippen molar-refractivity contribution in [1.29, 1.82) is 0 Å². The number of thiophene rings is 1. The highest BCUT2D eigenvalue weighted by molar-refractivity contribution is 7.10. The van der Waals surface area contributed by atoms with Crippen LogP contribution < -0.4 is 5.32 Å². The molecule has 2 heterocycles. The van der Waals surface area contributed by atoms with Crippen molar-refractivity contribution in [2.45, 2.75) is 25.9 Å². The fourth-order valence-corrected chi connectivity index (χ4v) is 3.67. The fraction of sp³-hybridized carbons (Fsp3) is 0.294. The van der Waals surface area contributed by atoms with Crippen LogP contribution in [0.4, 0.5) is 0 Å². The normalized spacial score (nSPS) is 15.0. The second kappa shape index (κ2) is 6.72. The molecule has 120 valence electrons. The van der Waals surface area contributed by atoms with Gasteiger partial charge < -0.3 is 10.2 Å². The minimum Gasteiger partial charge on any atom is -0.341 e. The van der Waals surface area contributed by atoms with Crippen LogP contribution in [0.3, 0.4) is 0 Å². The topological polar surface area (TPSA) is 49.4 Å². The molecule has 0 fully saturated rings. The smallest absolute Gasteiger partial charge is 0.251 e. The molecule has 0 aliphatic carbocycles. The number of amides is 2. The van der Waals surface area contributed by atoms with E-state index in [1.165, 1.54) is 10.4 Å². The van der Waals surface area contributed by atoms with Gasteiger partial charge in [-0.3, -0.25) is 9.59 Å². The minimum absolute atomic E-state index is 0.0517. The Bertz CT molecular complexity index is 726. The lowest BCUT2D eigenvalue weighted by atomic mass is 10.1. The molecule has 1 aliphatic heterocycles. The number of benzene rings is 1. The van der Waals surface area contributed by atoms with Crippen molar-refractivity contribution < 1.29 is 9.59 Å². The highest BCUT2D eigenvalue weighted by atomic mass is 35.5. The Kier molecular flexibility index (Phi) is 4.68. The van der Waals surface area contributed by atoms with E-state index in [4.69, 9.17) is 11.6 Å². The first kappa shape index (κ1) is 16.0. The van der Waals surface area contributed by atoms with E-state index in [9.17, 15) is 9.59 Å². The zero-order valence-corrected chi connectivity index (χ0v) is 14.3. The lowest BCUT2D eigenvalue weighted by Gasteiger charge is -2.29. The van der Waals surface area contributed by atoms with Crippen LogP contribution in [-0.4, -0.2) is 29.3 Å². The average molecular weight is 349 g/mol. The van der Waals surface area contributed by atoms with Crippen LogP contribution in [0.25, 0.3) is 0 Å². The summed E-state index contributed by atoms with van der Waals surface area (Å²) in [6.07, 6.45) is 0.886. The molecule has 0 spiro atoms. The Balaban J connectivity index is 1.62. The summed E-state index contributed by atoms with van der Waals surface area (Å²) in [7, 11) is 0. The van der Waals surface area contributed by atoms with Gasteiger partial charge >= 0.3 is 0 Å². The Hall–Kier alpha value is -1.85. The van der Waals surface area contributed by atoms with Crippen molar-refractivity contribution in [2.75, 3.05) is 6.54 Å². The van der Waals surface area contributed by atoms with Crippen molar-refractivity contribution in [2.24, 2.45) is 0 Å². The molecule has 0 bridgehead atoms. The molecular formula is C17H17ClN2O2S. The molecule has 4 nitrogen and oxygen atoms in total. The molecule has 1 aromatic heterocycles. The van der Waals surface area contributed by atoms with E-state index in [0.29, 0.717) is 23.7 Å². The van der Waals surface area contributed by atoms with Crippen molar-refractivity contribution >= 4 is 34.8 Å². The number of nitrogens with one attached hydrogen (secondary N) is 1. The third-order valence-electron chi connectivity index (χ3n) is 3.94. The minimum atomic E-state index is -0.557. The first-order chi connectivity index (χ1) is 11.0. The zero-order valence-electron chi connectivity index (χ0n) is 12.7. The van der Waals surface area contributed by atoms with Gasteiger partial charge in [-0.1, -0.05) is 11.6 Å².